The first kappa shape index (κ1) is 7.22. The zero-order valence-electron chi connectivity index (χ0n) is 3.97. The molecule has 0 aromatic carbocycles. The molecule has 0 N–H and O–H groups in total. The quantitative estimate of drug-likeness (QED) is 0.499. The topological polar surface area (TPSA) is 0 Å². The highest BCUT2D eigenvalue weighted by Crippen LogP contribution is 2.53. The molecule has 1 rings (SSSR count). The van der Waals surface area contributed by atoms with E-state index in [0.717, 1.165) is 0 Å². The summed E-state index contributed by atoms with van der Waals surface area (Å²) in [5.41, 5.74) is 0. The van der Waals surface area contributed by atoms with Gasteiger partial charge < -0.3 is 0 Å². The van der Waals surface area contributed by atoms with Crippen LogP contribution < -0.4 is 0 Å². The van der Waals surface area contributed by atoms with Gasteiger partial charge in [-0.05, 0) is 0 Å². The summed E-state index contributed by atoms with van der Waals surface area (Å²) in [6.45, 7) is 0. The highest BCUT2D eigenvalue weighted by Gasteiger charge is 2.62. The second kappa shape index (κ2) is 1.58. The Balaban J connectivity index is 2.94. The minimum atomic E-state index is -3.61. The van der Waals surface area contributed by atoms with Gasteiger partial charge in [0.15, 0.2) is 0 Å². The Labute approximate surface area is 59.2 Å². The molecule has 9 heavy (non-hydrogen) atoms. The van der Waals surface area contributed by atoms with Gasteiger partial charge in [0.1, 0.15) is 0 Å². The third-order valence-corrected chi connectivity index (χ3v) is 1.95. The summed E-state index contributed by atoms with van der Waals surface area (Å²) in [6, 6.07) is 0. The summed E-state index contributed by atoms with van der Waals surface area (Å²) >= 11 is 9.53. The zero-order valence-corrected chi connectivity index (χ0v) is 5.48. The monoisotopic (exact) mass is 176 g/mol. The zero-order chi connectivity index (χ0) is 7.28. The molecule has 1 aliphatic carbocycles. The predicted octanol–water partition coefficient (Wildman–Crippen LogP) is 2.66. The summed E-state index contributed by atoms with van der Waals surface area (Å²) in [7, 11) is 0. The Hall–Kier alpha value is 0.110. The van der Waals surface area contributed by atoms with E-state index in [4.69, 9.17) is 11.6 Å². The van der Waals surface area contributed by atoms with Crippen LogP contribution in [0.15, 0.2) is 11.1 Å². The van der Waals surface area contributed by atoms with Gasteiger partial charge in [-0.15, -0.1) is 0 Å². The molecule has 1 unspecified atom stereocenters. The first-order valence-corrected chi connectivity index (χ1v) is 2.78. The highest BCUT2D eigenvalue weighted by molar-refractivity contribution is 6.41. The van der Waals surface area contributed by atoms with Crippen molar-refractivity contribution in [2.24, 2.45) is 0 Å². The molecule has 5 heteroatoms. The molecule has 0 aliphatic heterocycles. The number of allylic oxidation sites excluding steroid dienone is 2. The molecule has 0 bridgehead atoms. The van der Waals surface area contributed by atoms with Crippen LogP contribution in [0.5, 0.6) is 0 Å². The van der Waals surface area contributed by atoms with Crippen LogP contribution >= 0.6 is 23.2 Å². The van der Waals surface area contributed by atoms with Gasteiger partial charge in [-0.25, -0.2) is 4.39 Å². The molecule has 0 aromatic heterocycles. The third-order valence-electron chi connectivity index (χ3n) is 1.03. The van der Waals surface area contributed by atoms with Gasteiger partial charge in [-0.1, -0.05) is 23.2 Å². The van der Waals surface area contributed by atoms with Crippen LogP contribution in [0.3, 0.4) is 0 Å². The molecule has 0 heterocycles. The van der Waals surface area contributed by atoms with Crippen molar-refractivity contribution in [1.82, 2.24) is 0 Å². The average Bonchev–Trinajstić information content (AvgIpc) is 1.65. The van der Waals surface area contributed by atoms with E-state index >= 15 is 0 Å². The summed E-state index contributed by atoms with van der Waals surface area (Å²) in [4.78, 5) is 0. The molecular formula is C4HCl2F3. The van der Waals surface area contributed by atoms with Crippen molar-refractivity contribution in [3.63, 3.8) is 0 Å². The van der Waals surface area contributed by atoms with E-state index < -0.39 is 16.1 Å². The van der Waals surface area contributed by atoms with Crippen LogP contribution in [-0.2, 0) is 0 Å². The maximum Gasteiger partial charge on any atom is 0.320 e. The lowest BCUT2D eigenvalue weighted by atomic mass is 10.0. The number of hydrogen-bond acceptors (Lipinski definition) is 0. The van der Waals surface area contributed by atoms with E-state index in [9.17, 15) is 13.2 Å². The van der Waals surface area contributed by atoms with E-state index in [-0.39, 0.29) is 6.08 Å². The SMILES string of the molecule is FC1(F)C=C(Cl)C1(F)Cl. The highest BCUT2D eigenvalue weighted by atomic mass is 35.5. The maximum atomic E-state index is 12.2. The standard InChI is InChI=1S/C4HCl2F3/c5-2-1-3(7,8)4(2,6)9/h1H. The van der Waals surface area contributed by atoms with E-state index in [0.29, 0.717) is 0 Å². The molecule has 0 aromatic rings. The molecule has 1 aliphatic rings. The second-order valence-electron chi connectivity index (χ2n) is 1.69. The first-order chi connectivity index (χ1) is 3.88. The van der Waals surface area contributed by atoms with E-state index in [1.807, 2.05) is 0 Å². The fourth-order valence-corrected chi connectivity index (χ4v) is 0.794. The summed E-state index contributed by atoms with van der Waals surface area (Å²) < 4.78 is 36.0. The van der Waals surface area contributed by atoms with Crippen molar-refractivity contribution in [2.75, 3.05) is 0 Å². The van der Waals surface area contributed by atoms with Crippen LogP contribution in [0.1, 0.15) is 0 Å². The third kappa shape index (κ3) is 0.749. The van der Waals surface area contributed by atoms with Gasteiger partial charge in [-0.3, -0.25) is 0 Å². The fourth-order valence-electron chi connectivity index (χ4n) is 0.422. The smallest absolute Gasteiger partial charge is 0.213 e. The van der Waals surface area contributed by atoms with Gasteiger partial charge >= 0.3 is 5.92 Å². The minimum absolute atomic E-state index is 0.279. The molecule has 0 saturated heterocycles. The van der Waals surface area contributed by atoms with Crippen molar-refractivity contribution < 1.29 is 13.2 Å². The number of alkyl halides is 4. The maximum absolute atomic E-state index is 12.2. The van der Waals surface area contributed by atoms with E-state index in [1.165, 1.54) is 0 Å². The lowest BCUT2D eigenvalue weighted by Gasteiger charge is -2.32. The van der Waals surface area contributed by atoms with E-state index in [2.05, 4.69) is 11.6 Å². The molecular weight excluding hydrogens is 176 g/mol. The molecule has 52 valence electrons. The minimum Gasteiger partial charge on any atom is -0.213 e. The predicted molar refractivity (Wildman–Crippen MR) is 28.6 cm³/mol. The van der Waals surface area contributed by atoms with E-state index in [1.54, 1.807) is 0 Å². The van der Waals surface area contributed by atoms with Crippen LogP contribution in [0, 0.1) is 0 Å². The van der Waals surface area contributed by atoms with Crippen LogP contribution in [0.4, 0.5) is 13.2 Å². The van der Waals surface area contributed by atoms with Gasteiger partial charge in [0.2, 0.25) is 0 Å². The van der Waals surface area contributed by atoms with Gasteiger partial charge in [0, 0.05) is 6.08 Å². The van der Waals surface area contributed by atoms with Gasteiger partial charge in [-0.2, -0.15) is 8.78 Å². The molecule has 1 atom stereocenters. The largest absolute Gasteiger partial charge is 0.320 e. The van der Waals surface area contributed by atoms with Gasteiger partial charge in [0.05, 0.1) is 5.03 Å². The van der Waals surface area contributed by atoms with Crippen LogP contribution in [-0.4, -0.2) is 11.1 Å². The van der Waals surface area contributed by atoms with Crippen molar-refractivity contribution in [2.45, 2.75) is 11.1 Å². The van der Waals surface area contributed by atoms with Crippen molar-refractivity contribution >= 4 is 23.2 Å². The summed E-state index contributed by atoms with van der Waals surface area (Å²) in [5, 5.41) is -3.80. The number of halogens is 5. The van der Waals surface area contributed by atoms with Crippen molar-refractivity contribution in [1.29, 1.82) is 0 Å². The Morgan fingerprint density at radius 1 is 1.33 bits per heavy atom. The second-order valence-corrected chi connectivity index (χ2v) is 2.62. The summed E-state index contributed by atoms with van der Waals surface area (Å²) in [6.07, 6.45) is 0.279. The Morgan fingerprint density at radius 3 is 1.78 bits per heavy atom. The molecule has 0 radical (unpaired) electrons. The molecule has 0 amide bonds. The number of hydrogen-bond donors (Lipinski definition) is 0. The number of rotatable bonds is 0. The Kier molecular flexibility index (Phi) is 1.27. The Bertz CT molecular complexity index is 173. The van der Waals surface area contributed by atoms with Crippen molar-refractivity contribution in [3.05, 3.63) is 11.1 Å². The lowest BCUT2D eigenvalue weighted by molar-refractivity contribution is -0.0544. The summed E-state index contributed by atoms with van der Waals surface area (Å²) in [5.74, 6) is -3.61. The first-order valence-electron chi connectivity index (χ1n) is 2.02. The van der Waals surface area contributed by atoms with Crippen LogP contribution in [0.2, 0.25) is 0 Å². The normalized spacial score (nSPS) is 39.4. The average molecular weight is 177 g/mol. The molecule has 0 saturated carbocycles. The molecule has 0 spiro atoms. The lowest BCUT2D eigenvalue weighted by Crippen LogP contribution is -2.46. The molecule has 0 fully saturated rings. The molecule has 0 nitrogen and oxygen atoms in total. The van der Waals surface area contributed by atoms with Crippen molar-refractivity contribution in [3.8, 4) is 0 Å². The van der Waals surface area contributed by atoms with Gasteiger partial charge in [0.25, 0.3) is 5.13 Å². The van der Waals surface area contributed by atoms with Crippen LogP contribution in [0.25, 0.3) is 0 Å². The Morgan fingerprint density at radius 2 is 1.78 bits per heavy atom. The fraction of sp³-hybridized carbons (Fsp3) is 0.500.